The lowest BCUT2D eigenvalue weighted by atomic mass is 9.83. The summed E-state index contributed by atoms with van der Waals surface area (Å²) in [5.74, 6) is -1.13. The average molecular weight is 288 g/mol. The van der Waals surface area contributed by atoms with E-state index >= 15 is 0 Å². The van der Waals surface area contributed by atoms with Gasteiger partial charge in [0, 0.05) is 13.2 Å². The summed E-state index contributed by atoms with van der Waals surface area (Å²) in [6, 6.07) is 0. The molecule has 1 aliphatic heterocycles. The van der Waals surface area contributed by atoms with Gasteiger partial charge in [-0.05, 0) is 27.2 Å². The number of nitrogens with one attached hydrogen (secondary N) is 1. The van der Waals surface area contributed by atoms with E-state index in [0.29, 0.717) is 13.0 Å². The molecule has 1 saturated heterocycles. The van der Waals surface area contributed by atoms with Gasteiger partial charge in [0.15, 0.2) is 0 Å². The predicted octanol–water partition coefficient (Wildman–Crippen LogP) is 0.418. The van der Waals surface area contributed by atoms with Crippen LogP contribution in [0, 0.1) is 5.92 Å². The number of hydrogen-bond donors (Lipinski definition) is 2. The number of methoxy groups -OCH3 is 1. The Hall–Kier alpha value is -1.34. The van der Waals surface area contributed by atoms with Gasteiger partial charge in [0.2, 0.25) is 0 Å². The van der Waals surface area contributed by atoms with E-state index in [1.54, 1.807) is 20.8 Å². The monoisotopic (exact) mass is 288 g/mol. The van der Waals surface area contributed by atoms with Crippen LogP contribution < -0.4 is 11.1 Å². The fraction of sp³-hybridized carbons (Fsp3) is 0.846. The van der Waals surface area contributed by atoms with Gasteiger partial charge >= 0.3 is 12.1 Å². The van der Waals surface area contributed by atoms with Gasteiger partial charge in [0.25, 0.3) is 0 Å². The highest BCUT2D eigenvalue weighted by atomic mass is 16.6. The van der Waals surface area contributed by atoms with Gasteiger partial charge in [-0.3, -0.25) is 4.79 Å². The van der Waals surface area contributed by atoms with Crippen LogP contribution in [0.25, 0.3) is 0 Å². The van der Waals surface area contributed by atoms with Gasteiger partial charge in [-0.15, -0.1) is 0 Å². The molecule has 0 aromatic heterocycles. The molecule has 3 N–H and O–H groups in total. The molecule has 116 valence electrons. The molecule has 7 nitrogen and oxygen atoms in total. The summed E-state index contributed by atoms with van der Waals surface area (Å²) in [6.07, 6.45) is -0.103. The number of hydrogen-bond acceptors (Lipinski definition) is 6. The quantitative estimate of drug-likeness (QED) is 0.727. The number of rotatable bonds is 4. The van der Waals surface area contributed by atoms with Crippen molar-refractivity contribution in [1.29, 1.82) is 0 Å². The molecule has 0 radical (unpaired) electrons. The van der Waals surface area contributed by atoms with Crippen molar-refractivity contribution >= 4 is 12.1 Å². The molecule has 1 heterocycles. The van der Waals surface area contributed by atoms with Gasteiger partial charge in [0.05, 0.1) is 25.2 Å². The second-order valence-corrected chi connectivity index (χ2v) is 5.90. The van der Waals surface area contributed by atoms with Crippen LogP contribution in [0.2, 0.25) is 0 Å². The maximum atomic E-state index is 12.0. The molecule has 0 bridgehead atoms. The van der Waals surface area contributed by atoms with Crippen molar-refractivity contribution in [2.24, 2.45) is 11.7 Å². The summed E-state index contributed by atoms with van der Waals surface area (Å²) in [4.78, 5) is 23.8. The predicted molar refractivity (Wildman–Crippen MR) is 72.1 cm³/mol. The largest absolute Gasteiger partial charge is 0.469 e. The average Bonchev–Trinajstić information content (AvgIpc) is 2.76. The van der Waals surface area contributed by atoms with Crippen LogP contribution in [0.1, 0.15) is 27.2 Å². The molecule has 2 atom stereocenters. The van der Waals surface area contributed by atoms with Crippen molar-refractivity contribution in [3.05, 3.63) is 0 Å². The van der Waals surface area contributed by atoms with Crippen molar-refractivity contribution in [2.75, 3.05) is 26.9 Å². The lowest BCUT2D eigenvalue weighted by Crippen LogP contribution is -2.59. The minimum atomic E-state index is -0.871. The van der Waals surface area contributed by atoms with Crippen LogP contribution in [-0.2, 0) is 19.0 Å². The zero-order valence-corrected chi connectivity index (χ0v) is 12.5. The van der Waals surface area contributed by atoms with E-state index in [2.05, 4.69) is 5.32 Å². The molecular formula is C13H24N2O5. The first-order valence-corrected chi connectivity index (χ1v) is 6.61. The van der Waals surface area contributed by atoms with Crippen LogP contribution in [-0.4, -0.2) is 50.1 Å². The molecule has 0 saturated carbocycles. The van der Waals surface area contributed by atoms with E-state index in [-0.39, 0.29) is 13.2 Å². The molecule has 1 aliphatic rings. The maximum Gasteiger partial charge on any atom is 0.408 e. The molecule has 0 aromatic carbocycles. The number of ether oxygens (including phenoxy) is 3. The van der Waals surface area contributed by atoms with E-state index in [0.717, 1.165) is 0 Å². The molecule has 0 aliphatic carbocycles. The Morgan fingerprint density at radius 1 is 1.45 bits per heavy atom. The van der Waals surface area contributed by atoms with E-state index in [9.17, 15) is 9.59 Å². The minimum absolute atomic E-state index is 0.0613. The van der Waals surface area contributed by atoms with Crippen LogP contribution in [0.15, 0.2) is 0 Å². The molecule has 20 heavy (non-hydrogen) atoms. The molecule has 2 unspecified atom stereocenters. The van der Waals surface area contributed by atoms with Crippen LogP contribution >= 0.6 is 0 Å². The van der Waals surface area contributed by atoms with E-state index in [1.807, 2.05) is 0 Å². The normalized spacial score (nSPS) is 24.1. The Balaban J connectivity index is 2.86. The number of esters is 1. The number of carbonyl (C=O) groups excluding carboxylic acids is 2. The lowest BCUT2D eigenvalue weighted by Gasteiger charge is -2.35. The summed E-state index contributed by atoms with van der Waals surface area (Å²) in [5, 5.41) is 2.75. The lowest BCUT2D eigenvalue weighted by molar-refractivity contribution is -0.148. The summed E-state index contributed by atoms with van der Waals surface area (Å²) in [5.41, 5.74) is 4.18. The molecule has 1 fully saturated rings. The third-order valence-corrected chi connectivity index (χ3v) is 3.19. The van der Waals surface area contributed by atoms with Gasteiger partial charge in [-0.25, -0.2) is 4.79 Å². The first-order valence-electron chi connectivity index (χ1n) is 6.61. The topological polar surface area (TPSA) is 99.9 Å². The van der Waals surface area contributed by atoms with Crippen molar-refractivity contribution in [3.63, 3.8) is 0 Å². The van der Waals surface area contributed by atoms with Crippen molar-refractivity contribution in [3.8, 4) is 0 Å². The standard InChI is InChI=1S/C13H24N2O5/c1-12(2,3)20-11(17)15-13(5-6-19-8-13)9(7-14)10(16)18-4/h9H,5-8,14H2,1-4H3,(H,15,17). The summed E-state index contributed by atoms with van der Waals surface area (Å²) < 4.78 is 15.3. The molecule has 1 amide bonds. The highest BCUT2D eigenvalue weighted by molar-refractivity contribution is 5.77. The number of amides is 1. The zero-order valence-electron chi connectivity index (χ0n) is 12.5. The fourth-order valence-corrected chi connectivity index (χ4v) is 2.24. The second-order valence-electron chi connectivity index (χ2n) is 5.90. The van der Waals surface area contributed by atoms with E-state index < -0.39 is 29.1 Å². The van der Waals surface area contributed by atoms with Crippen molar-refractivity contribution < 1.29 is 23.8 Å². The van der Waals surface area contributed by atoms with Gasteiger partial charge < -0.3 is 25.3 Å². The highest BCUT2D eigenvalue weighted by Gasteiger charge is 2.48. The Kier molecular flexibility index (Phi) is 5.35. The van der Waals surface area contributed by atoms with Crippen LogP contribution in [0.4, 0.5) is 4.79 Å². The SMILES string of the molecule is COC(=O)C(CN)C1(NC(=O)OC(C)(C)C)CCOC1. The number of nitrogens with two attached hydrogens (primary N) is 1. The number of alkyl carbamates (subject to hydrolysis) is 1. The molecule has 1 rings (SSSR count). The second kappa shape index (κ2) is 6.41. The van der Waals surface area contributed by atoms with E-state index in [1.165, 1.54) is 7.11 Å². The third kappa shape index (κ3) is 4.08. The smallest absolute Gasteiger partial charge is 0.408 e. The van der Waals surface area contributed by atoms with Crippen molar-refractivity contribution in [1.82, 2.24) is 5.32 Å². The Morgan fingerprint density at radius 3 is 2.50 bits per heavy atom. The highest BCUT2D eigenvalue weighted by Crippen LogP contribution is 2.28. The fourth-order valence-electron chi connectivity index (χ4n) is 2.24. The van der Waals surface area contributed by atoms with Gasteiger partial charge in [-0.2, -0.15) is 0 Å². The number of carbonyl (C=O) groups is 2. The summed E-state index contributed by atoms with van der Waals surface area (Å²) >= 11 is 0. The Morgan fingerprint density at radius 2 is 2.10 bits per heavy atom. The van der Waals surface area contributed by atoms with Gasteiger partial charge in [0.1, 0.15) is 5.60 Å². The molecule has 0 spiro atoms. The van der Waals surface area contributed by atoms with Crippen molar-refractivity contribution in [2.45, 2.75) is 38.3 Å². The maximum absolute atomic E-state index is 12.0. The first kappa shape index (κ1) is 16.7. The third-order valence-electron chi connectivity index (χ3n) is 3.19. The summed E-state index contributed by atoms with van der Waals surface area (Å²) in [6.45, 7) is 6.03. The Labute approximate surface area is 119 Å². The van der Waals surface area contributed by atoms with Gasteiger partial charge in [-0.1, -0.05) is 0 Å². The summed E-state index contributed by atoms with van der Waals surface area (Å²) in [7, 11) is 1.29. The van der Waals surface area contributed by atoms with Crippen LogP contribution in [0.5, 0.6) is 0 Å². The van der Waals surface area contributed by atoms with E-state index in [4.69, 9.17) is 19.9 Å². The first-order chi connectivity index (χ1) is 9.24. The Bertz CT molecular complexity index is 358. The molecule has 7 heteroatoms. The molecular weight excluding hydrogens is 264 g/mol. The zero-order chi connectivity index (χ0) is 15.4. The van der Waals surface area contributed by atoms with Crippen LogP contribution in [0.3, 0.4) is 0 Å². The minimum Gasteiger partial charge on any atom is -0.469 e. The molecule has 0 aromatic rings.